The summed E-state index contributed by atoms with van der Waals surface area (Å²) in [5, 5.41) is 47.6. The van der Waals surface area contributed by atoms with Crippen LogP contribution in [0.3, 0.4) is 0 Å². The Labute approximate surface area is 738 Å². The molecular formula is C111H110O8S4. The summed E-state index contributed by atoms with van der Waals surface area (Å²) in [4.78, 5) is 60.0. The van der Waals surface area contributed by atoms with Crippen molar-refractivity contribution in [2.45, 2.75) is 232 Å². The Morgan fingerprint density at radius 1 is 0.236 bits per heavy atom. The van der Waals surface area contributed by atoms with E-state index in [0.29, 0.717) is 34.8 Å². The summed E-state index contributed by atoms with van der Waals surface area (Å²) in [6.45, 7) is 5.82. The molecule has 11 unspecified atom stereocenters. The Kier molecular flexibility index (Phi) is 27.0. The van der Waals surface area contributed by atoms with E-state index in [1.54, 1.807) is 30.3 Å². The van der Waals surface area contributed by atoms with Gasteiger partial charge in [0, 0.05) is 0 Å². The van der Waals surface area contributed by atoms with Crippen LogP contribution in [0, 0.1) is 68.1 Å². The van der Waals surface area contributed by atoms with E-state index >= 15 is 0 Å². The summed E-state index contributed by atoms with van der Waals surface area (Å²) in [7, 11) is -1.95. The van der Waals surface area contributed by atoms with E-state index in [-0.39, 0.29) is 11.1 Å². The summed E-state index contributed by atoms with van der Waals surface area (Å²) >= 11 is 0. The third-order valence-electron chi connectivity index (χ3n) is 28.3. The smallest absolute Gasteiger partial charge is 0.175 e. The summed E-state index contributed by atoms with van der Waals surface area (Å²) < 4.78 is 0. The topological polar surface area (TPSA) is 161 Å². The largest absolute Gasteiger partial charge is 0.545 e. The lowest BCUT2D eigenvalue weighted by molar-refractivity contribution is -0.256. The van der Waals surface area contributed by atoms with E-state index in [1.165, 1.54) is 176 Å². The van der Waals surface area contributed by atoms with Gasteiger partial charge in [-0.3, -0.25) is 0 Å². The SMILES string of the molecule is Cc1ccc([S+](c2ccccc2)c2ccc(C)cc2C(=O)[O-])cc1.Cc1ccc([S+](c2ccccc2)c2ccccc2)c(C(=O)[O-])c1.O=C([O-])c1ccccc1[S+](c1ccc(C2CC3CC2C2CCCC32)cc1)c1ccc(C2CC3CC2C2CCCC32)cc1.O=C([O-])c1ccccc1[S+](c1ccc(C2CCCCC2)cc1)c1ccc(C2CCCCC2)cc1. The molecule has 123 heavy (non-hydrogen) atoms. The Morgan fingerprint density at radius 3 is 0.829 bits per heavy atom. The number of aryl methyl sites for hydroxylation is 3. The lowest BCUT2D eigenvalue weighted by Gasteiger charge is -2.32. The lowest BCUT2D eigenvalue weighted by atomic mass is 9.73. The number of hydrogen-bond acceptors (Lipinski definition) is 8. The molecule has 4 bridgehead atoms. The molecule has 8 nitrogen and oxygen atoms in total. The molecule has 0 radical (unpaired) electrons. The van der Waals surface area contributed by atoms with Gasteiger partial charge in [0.25, 0.3) is 0 Å². The molecule has 12 aromatic rings. The van der Waals surface area contributed by atoms with Crippen LogP contribution in [0.25, 0.3) is 0 Å². The van der Waals surface area contributed by atoms with Crippen LogP contribution >= 0.6 is 0 Å². The highest BCUT2D eigenvalue weighted by Crippen LogP contribution is 2.65. The number of hydrogen-bond donors (Lipinski definition) is 0. The molecule has 0 heterocycles. The third kappa shape index (κ3) is 18.8. The zero-order valence-electron chi connectivity index (χ0n) is 70.8. The van der Waals surface area contributed by atoms with E-state index in [2.05, 4.69) is 121 Å². The van der Waals surface area contributed by atoms with Crippen molar-refractivity contribution in [2.75, 3.05) is 0 Å². The van der Waals surface area contributed by atoms with Crippen LogP contribution in [0.2, 0.25) is 0 Å². The van der Waals surface area contributed by atoms with Crippen LogP contribution in [-0.2, 0) is 43.6 Å². The van der Waals surface area contributed by atoms with Crippen LogP contribution in [0.1, 0.15) is 232 Å². The number of carbonyl (C=O) groups excluding carboxylic acids is 4. The number of fused-ring (bicyclic) bond motifs is 10. The maximum atomic E-state index is 12.3. The quantitative estimate of drug-likeness (QED) is 0.0682. The predicted molar refractivity (Wildman–Crippen MR) is 489 cm³/mol. The zero-order chi connectivity index (χ0) is 84.6. The van der Waals surface area contributed by atoms with Crippen molar-refractivity contribution in [1.29, 1.82) is 0 Å². The van der Waals surface area contributed by atoms with Crippen molar-refractivity contribution in [3.8, 4) is 0 Å². The molecule has 0 spiro atoms. The lowest BCUT2D eigenvalue weighted by Crippen LogP contribution is -2.25. The van der Waals surface area contributed by atoms with Crippen molar-refractivity contribution in [2.24, 2.45) is 47.3 Å². The van der Waals surface area contributed by atoms with Crippen molar-refractivity contribution in [1.82, 2.24) is 0 Å². The van der Waals surface area contributed by atoms with Gasteiger partial charge in [0.15, 0.2) is 58.7 Å². The highest BCUT2D eigenvalue weighted by Gasteiger charge is 2.55. The summed E-state index contributed by atoms with van der Waals surface area (Å²) in [5.74, 6) is 5.90. The van der Waals surface area contributed by atoms with Gasteiger partial charge in [-0.25, -0.2) is 0 Å². The van der Waals surface area contributed by atoms with Gasteiger partial charge in [-0.1, -0.05) is 220 Å². The van der Waals surface area contributed by atoms with Gasteiger partial charge in [-0.05, 0) is 337 Å². The Morgan fingerprint density at radius 2 is 0.504 bits per heavy atom. The molecule has 0 saturated heterocycles. The van der Waals surface area contributed by atoms with Gasteiger partial charge in [0.2, 0.25) is 0 Å². The average molecular weight is 1700 g/mol. The molecule has 626 valence electrons. The maximum Gasteiger partial charge on any atom is 0.175 e. The fourth-order valence-electron chi connectivity index (χ4n) is 22.7. The van der Waals surface area contributed by atoms with Crippen LogP contribution < -0.4 is 20.4 Å². The summed E-state index contributed by atoms with van der Waals surface area (Å²) in [6.07, 6.45) is 27.5. The van der Waals surface area contributed by atoms with E-state index in [0.717, 1.165) is 97.6 Å². The fraction of sp³-hybridized carbons (Fsp3) is 0.315. The maximum absolute atomic E-state index is 12.3. The van der Waals surface area contributed by atoms with E-state index in [4.69, 9.17) is 0 Å². The van der Waals surface area contributed by atoms with E-state index < -0.39 is 67.5 Å². The van der Waals surface area contributed by atoms with Crippen LogP contribution in [0.5, 0.6) is 0 Å². The number of carbonyl (C=O) groups is 4. The van der Waals surface area contributed by atoms with Gasteiger partial charge in [-0.15, -0.1) is 0 Å². The molecule has 8 aliphatic rings. The molecular weight excluding hydrogens is 1590 g/mol. The second-order valence-corrected chi connectivity index (χ2v) is 43.6. The number of carboxylic acids is 4. The summed E-state index contributed by atoms with van der Waals surface area (Å²) in [5.41, 5.74) is 10.0. The Bertz CT molecular complexity index is 5450. The predicted octanol–water partition coefficient (Wildman–Crippen LogP) is 22.7. The molecule has 8 saturated carbocycles. The van der Waals surface area contributed by atoms with Crippen molar-refractivity contribution < 1.29 is 39.6 Å². The fourth-order valence-corrected chi connectivity index (χ4v) is 31.5. The normalized spacial score (nSPS) is 22.2. The highest BCUT2D eigenvalue weighted by molar-refractivity contribution is 7.98. The minimum atomic E-state index is -1.13. The van der Waals surface area contributed by atoms with Gasteiger partial charge >= 0.3 is 0 Å². The van der Waals surface area contributed by atoms with E-state index in [1.807, 2.05) is 166 Å². The van der Waals surface area contributed by atoms with Gasteiger partial charge in [0.05, 0.1) is 89.7 Å². The standard InChI is InChI=1S/C39H42O2S.C31H34O2S.C21H18O2S.C20H16O2S/c40-39(41)33-5-1-2-10-38(33)42(27-15-11-23(12-16-27)34-19-25-21-36(34)31-8-3-6-29(25)31)28-17-13-24(14-18-28)35-20-26-22-37(35)32-9-4-7-30(26)32;32-31(33)29-13-7-8-14-30(29)34(27-19-15-25(16-20-27)23-9-3-1-4-10-23)28-21-17-26(18-22-28)24-11-5-2-6-12-24;1-15-8-11-18(12-9-15)24(17-6-4-3-5-7-17)20-13-10-16(2)14-19(20)21(22)23;1-15-12-13-19(18(14-15)20(21)22)23(16-8-4-2-5-9-16)17-10-6-3-7-11-17/h1-2,5,10-18,25-26,29-32,34-37H,3-4,6-9,19-22H2;7-8,13-24H,1-6,9-12H2;3-14H,1-2H3;2-14H,1H3. The van der Waals surface area contributed by atoms with Crippen molar-refractivity contribution in [3.63, 3.8) is 0 Å². The molecule has 8 aliphatic carbocycles. The molecule has 0 amide bonds. The van der Waals surface area contributed by atoms with Crippen LogP contribution in [0.15, 0.2) is 356 Å². The van der Waals surface area contributed by atoms with Crippen LogP contribution in [0.4, 0.5) is 0 Å². The van der Waals surface area contributed by atoms with E-state index in [9.17, 15) is 39.6 Å². The third-order valence-corrected chi connectivity index (χ3v) is 37.5. The minimum absolute atomic E-state index is 0.265. The van der Waals surface area contributed by atoms with Gasteiger partial charge in [0.1, 0.15) is 0 Å². The molecule has 12 heteroatoms. The molecule has 0 aromatic heterocycles. The first-order valence-corrected chi connectivity index (χ1v) is 49.8. The summed E-state index contributed by atoms with van der Waals surface area (Å²) in [6, 6.07) is 101. The second-order valence-electron chi connectivity index (χ2n) is 35.6. The first-order chi connectivity index (χ1) is 60.1. The number of benzene rings is 12. The van der Waals surface area contributed by atoms with Crippen LogP contribution in [-0.4, -0.2) is 23.9 Å². The highest BCUT2D eigenvalue weighted by atomic mass is 32.2. The number of rotatable bonds is 20. The number of aromatic carboxylic acids is 4. The Hall–Kier alpha value is -10.1. The second kappa shape index (κ2) is 39.0. The van der Waals surface area contributed by atoms with Crippen molar-refractivity contribution >= 4 is 67.5 Å². The first kappa shape index (κ1) is 85.1. The minimum Gasteiger partial charge on any atom is -0.545 e. The van der Waals surface area contributed by atoms with Crippen molar-refractivity contribution in [3.05, 3.63) is 358 Å². The molecule has 11 atom stereocenters. The van der Waals surface area contributed by atoms with Gasteiger partial charge < -0.3 is 39.6 Å². The zero-order valence-corrected chi connectivity index (χ0v) is 74.0. The molecule has 12 aromatic carbocycles. The average Bonchev–Trinajstić information content (AvgIpc) is 1.59. The Balaban J connectivity index is 0.000000120. The molecule has 0 N–H and O–H groups in total. The van der Waals surface area contributed by atoms with Gasteiger partial charge in [-0.2, -0.15) is 0 Å². The monoisotopic (exact) mass is 1700 g/mol. The molecule has 8 fully saturated rings. The molecule has 20 rings (SSSR count). The number of carboxylic acid groups (broad SMARTS) is 4. The first-order valence-electron chi connectivity index (χ1n) is 44.9. The molecule has 0 aliphatic heterocycles.